The zero-order valence-electron chi connectivity index (χ0n) is 10.0. The maximum atomic E-state index is 12.5. The Balaban J connectivity index is 2.21. The molecule has 0 fully saturated rings. The molecule has 0 spiro atoms. The molecule has 0 atom stereocenters. The predicted molar refractivity (Wildman–Crippen MR) is 61.6 cm³/mol. The molecule has 0 aliphatic heterocycles. The van der Waals surface area contributed by atoms with Gasteiger partial charge in [-0.3, -0.25) is 4.68 Å². The van der Waals surface area contributed by atoms with Gasteiger partial charge in [-0.05, 0) is 37.2 Å². The molecule has 0 saturated heterocycles. The molecule has 0 amide bonds. The second-order valence-electron chi connectivity index (χ2n) is 4.26. The number of hydrogen-bond donors (Lipinski definition) is 0. The lowest BCUT2D eigenvalue weighted by atomic mass is 10.00. The number of allylic oxidation sites excluding steroid dienone is 2. The third kappa shape index (κ3) is 2.95. The summed E-state index contributed by atoms with van der Waals surface area (Å²) >= 11 is 0. The van der Waals surface area contributed by atoms with Gasteiger partial charge in [0.05, 0.1) is 0 Å². The first-order valence-corrected chi connectivity index (χ1v) is 5.79. The monoisotopic (exact) mass is 254 g/mol. The average Bonchev–Trinajstić information content (AvgIpc) is 2.69. The van der Waals surface area contributed by atoms with E-state index in [1.165, 1.54) is 7.05 Å². The summed E-state index contributed by atoms with van der Waals surface area (Å²) < 4.78 is 38.4. The number of nitrogens with zero attached hydrogens (tertiary/aromatic N) is 2. The SMILES string of the molecule is Cn1nc(C#CC2=CCCCC2)cc1C(F)(F)F. The van der Waals surface area contributed by atoms with Crippen LogP contribution in [0.2, 0.25) is 0 Å². The van der Waals surface area contributed by atoms with Gasteiger partial charge in [-0.2, -0.15) is 18.3 Å². The lowest BCUT2D eigenvalue weighted by Gasteiger charge is -2.05. The van der Waals surface area contributed by atoms with E-state index in [9.17, 15) is 13.2 Å². The third-order valence-electron chi connectivity index (χ3n) is 2.81. The Morgan fingerprint density at radius 2 is 2.06 bits per heavy atom. The van der Waals surface area contributed by atoms with Gasteiger partial charge in [0.1, 0.15) is 11.4 Å². The molecule has 2 rings (SSSR count). The number of hydrogen-bond acceptors (Lipinski definition) is 1. The molecule has 1 heterocycles. The zero-order chi connectivity index (χ0) is 13.2. The van der Waals surface area contributed by atoms with Crippen molar-refractivity contribution in [2.75, 3.05) is 0 Å². The molecule has 0 aromatic carbocycles. The second-order valence-corrected chi connectivity index (χ2v) is 4.26. The van der Waals surface area contributed by atoms with E-state index >= 15 is 0 Å². The van der Waals surface area contributed by atoms with Gasteiger partial charge in [0.15, 0.2) is 0 Å². The van der Waals surface area contributed by atoms with Crippen LogP contribution in [0, 0.1) is 11.8 Å². The van der Waals surface area contributed by atoms with E-state index in [0.29, 0.717) is 0 Å². The Labute approximate surface area is 103 Å². The zero-order valence-corrected chi connectivity index (χ0v) is 10.0. The minimum Gasteiger partial charge on any atom is -0.262 e. The molecule has 18 heavy (non-hydrogen) atoms. The maximum Gasteiger partial charge on any atom is 0.433 e. The summed E-state index contributed by atoms with van der Waals surface area (Å²) in [5.41, 5.74) is 0.390. The van der Waals surface area contributed by atoms with Gasteiger partial charge in [0.25, 0.3) is 0 Å². The van der Waals surface area contributed by atoms with Gasteiger partial charge in [0, 0.05) is 13.1 Å². The lowest BCUT2D eigenvalue weighted by Crippen LogP contribution is -2.11. The van der Waals surface area contributed by atoms with Crippen molar-refractivity contribution < 1.29 is 13.2 Å². The van der Waals surface area contributed by atoms with E-state index in [2.05, 4.69) is 16.9 Å². The van der Waals surface area contributed by atoms with Gasteiger partial charge >= 0.3 is 6.18 Å². The number of rotatable bonds is 0. The molecule has 2 nitrogen and oxygen atoms in total. The number of aromatic nitrogens is 2. The number of aryl methyl sites for hydroxylation is 1. The summed E-state index contributed by atoms with van der Waals surface area (Å²) in [6.45, 7) is 0. The van der Waals surface area contributed by atoms with Crippen LogP contribution >= 0.6 is 0 Å². The quantitative estimate of drug-likeness (QED) is 0.649. The molecule has 1 aromatic rings. The van der Waals surface area contributed by atoms with Gasteiger partial charge in [0.2, 0.25) is 0 Å². The smallest absolute Gasteiger partial charge is 0.262 e. The van der Waals surface area contributed by atoms with Gasteiger partial charge < -0.3 is 0 Å². The second kappa shape index (κ2) is 4.89. The van der Waals surface area contributed by atoms with Crippen LogP contribution in [-0.2, 0) is 13.2 Å². The first-order chi connectivity index (χ1) is 8.47. The number of alkyl halides is 3. The van der Waals surface area contributed by atoms with E-state index < -0.39 is 11.9 Å². The van der Waals surface area contributed by atoms with E-state index in [1.807, 2.05) is 6.08 Å². The molecule has 5 heteroatoms. The van der Waals surface area contributed by atoms with Gasteiger partial charge in [-0.15, -0.1) is 0 Å². The Hall–Kier alpha value is -1.70. The molecule has 1 aromatic heterocycles. The average molecular weight is 254 g/mol. The fourth-order valence-electron chi connectivity index (χ4n) is 1.89. The standard InChI is InChI=1S/C13H13F3N2/c1-18-12(13(14,15)16)9-11(17-18)8-7-10-5-3-2-4-6-10/h5,9H,2-4,6H2,1H3. The highest BCUT2D eigenvalue weighted by Crippen LogP contribution is 2.29. The van der Waals surface area contributed by atoms with E-state index in [0.717, 1.165) is 42.0 Å². The molecule has 0 bridgehead atoms. The lowest BCUT2D eigenvalue weighted by molar-refractivity contribution is -0.143. The van der Waals surface area contributed by atoms with Crippen molar-refractivity contribution >= 4 is 0 Å². The van der Waals surface area contributed by atoms with Crippen LogP contribution in [0.3, 0.4) is 0 Å². The molecular weight excluding hydrogens is 241 g/mol. The molecule has 1 aliphatic rings. The summed E-state index contributed by atoms with van der Waals surface area (Å²) in [6, 6.07) is 0.983. The van der Waals surface area contributed by atoms with E-state index in [1.54, 1.807) is 0 Å². The highest BCUT2D eigenvalue weighted by molar-refractivity contribution is 5.38. The van der Waals surface area contributed by atoms with Crippen LogP contribution in [0.5, 0.6) is 0 Å². The highest BCUT2D eigenvalue weighted by atomic mass is 19.4. The first kappa shape index (κ1) is 12.7. The van der Waals surface area contributed by atoms with Crippen molar-refractivity contribution in [3.05, 3.63) is 29.1 Å². The Bertz CT molecular complexity index is 527. The topological polar surface area (TPSA) is 17.8 Å². The first-order valence-electron chi connectivity index (χ1n) is 5.79. The van der Waals surface area contributed by atoms with Crippen LogP contribution < -0.4 is 0 Å². The summed E-state index contributed by atoms with van der Waals surface area (Å²) in [4.78, 5) is 0. The predicted octanol–water partition coefficient (Wildman–Crippen LogP) is 3.29. The normalized spacial score (nSPS) is 15.9. The van der Waals surface area contributed by atoms with Crippen molar-refractivity contribution in [2.24, 2.45) is 7.05 Å². The van der Waals surface area contributed by atoms with Crippen molar-refractivity contribution in [1.29, 1.82) is 0 Å². The largest absolute Gasteiger partial charge is 0.433 e. The van der Waals surface area contributed by atoms with Gasteiger partial charge in [-0.1, -0.05) is 12.0 Å². The Kier molecular flexibility index (Phi) is 3.46. The van der Waals surface area contributed by atoms with Crippen LogP contribution in [0.25, 0.3) is 0 Å². The van der Waals surface area contributed by atoms with Crippen LogP contribution in [0.4, 0.5) is 13.2 Å². The highest BCUT2D eigenvalue weighted by Gasteiger charge is 2.34. The minimum atomic E-state index is -4.38. The molecule has 0 saturated carbocycles. The molecule has 1 aliphatic carbocycles. The third-order valence-corrected chi connectivity index (χ3v) is 2.81. The Morgan fingerprint density at radius 3 is 2.61 bits per heavy atom. The van der Waals surface area contributed by atoms with E-state index in [4.69, 9.17) is 0 Å². The van der Waals surface area contributed by atoms with Crippen LogP contribution in [0.15, 0.2) is 17.7 Å². The van der Waals surface area contributed by atoms with Gasteiger partial charge in [-0.25, -0.2) is 0 Å². The van der Waals surface area contributed by atoms with Crippen molar-refractivity contribution in [1.82, 2.24) is 9.78 Å². The summed E-state index contributed by atoms with van der Waals surface area (Å²) in [5, 5.41) is 3.76. The summed E-state index contributed by atoms with van der Waals surface area (Å²) in [6.07, 6.45) is 1.82. The maximum absolute atomic E-state index is 12.5. The summed E-state index contributed by atoms with van der Waals surface area (Å²) in [7, 11) is 1.27. The van der Waals surface area contributed by atoms with Crippen molar-refractivity contribution in [2.45, 2.75) is 31.9 Å². The fraction of sp³-hybridized carbons (Fsp3) is 0.462. The van der Waals surface area contributed by atoms with Crippen LogP contribution in [0.1, 0.15) is 37.1 Å². The fourth-order valence-corrected chi connectivity index (χ4v) is 1.89. The number of halogens is 3. The Morgan fingerprint density at radius 1 is 1.28 bits per heavy atom. The molecule has 0 unspecified atom stereocenters. The molecule has 0 N–H and O–H groups in total. The molecular formula is C13H13F3N2. The van der Waals surface area contributed by atoms with Crippen molar-refractivity contribution in [3.63, 3.8) is 0 Å². The minimum absolute atomic E-state index is 0.163. The van der Waals surface area contributed by atoms with Crippen LogP contribution in [-0.4, -0.2) is 9.78 Å². The molecule has 0 radical (unpaired) electrons. The van der Waals surface area contributed by atoms with E-state index in [-0.39, 0.29) is 5.69 Å². The molecule has 96 valence electrons. The van der Waals surface area contributed by atoms with Crippen molar-refractivity contribution in [3.8, 4) is 11.8 Å². The summed E-state index contributed by atoms with van der Waals surface area (Å²) in [5.74, 6) is 5.60.